The van der Waals surface area contributed by atoms with Crippen molar-refractivity contribution < 1.29 is 9.53 Å². The van der Waals surface area contributed by atoms with Crippen molar-refractivity contribution in [2.45, 2.75) is 37.5 Å². The highest BCUT2D eigenvalue weighted by Crippen LogP contribution is 2.29. The van der Waals surface area contributed by atoms with Crippen molar-refractivity contribution >= 4 is 5.91 Å². The van der Waals surface area contributed by atoms with Gasteiger partial charge in [0.15, 0.2) is 0 Å². The molecular weight excluding hydrogens is 206 g/mol. The third-order valence-electron chi connectivity index (χ3n) is 3.42. The number of carbonyl (C=O) groups excluding carboxylic acids is 1. The number of methoxy groups -OCH3 is 1. The summed E-state index contributed by atoms with van der Waals surface area (Å²) in [5.74, 6) is -0.0763. The van der Waals surface area contributed by atoms with Crippen LogP contribution in [0.15, 0.2) is 0 Å². The zero-order valence-electron chi connectivity index (χ0n) is 9.82. The van der Waals surface area contributed by atoms with E-state index in [9.17, 15) is 4.79 Å². The molecule has 2 atom stereocenters. The van der Waals surface area contributed by atoms with E-state index < -0.39 is 6.10 Å². The number of nitrogens with one attached hydrogen (secondary N) is 1. The molecular formula is C11H21N3O2. The Kier molecular flexibility index (Phi) is 3.78. The van der Waals surface area contributed by atoms with Gasteiger partial charge in [-0.2, -0.15) is 0 Å². The van der Waals surface area contributed by atoms with E-state index in [1.54, 1.807) is 0 Å². The Hall–Kier alpha value is -0.650. The van der Waals surface area contributed by atoms with E-state index in [0.29, 0.717) is 0 Å². The highest BCUT2D eigenvalue weighted by Gasteiger charge is 2.35. The minimum absolute atomic E-state index is 0.0763. The van der Waals surface area contributed by atoms with Crippen LogP contribution in [0.25, 0.3) is 0 Å². The number of nitrogens with zero attached hydrogens (tertiary/aromatic N) is 1. The molecule has 1 amide bonds. The Morgan fingerprint density at radius 3 is 2.88 bits per heavy atom. The zero-order chi connectivity index (χ0) is 11.5. The standard InChI is InChI=1S/C11H21N3O2/c1-16-10(6-12)11(15)13-8-4-5-14(7-8)9-2-3-9/h8-10H,2-7,12H2,1H3,(H,13,15). The van der Waals surface area contributed by atoms with Gasteiger partial charge >= 0.3 is 0 Å². The minimum atomic E-state index is -0.505. The average molecular weight is 227 g/mol. The topological polar surface area (TPSA) is 67.6 Å². The number of rotatable bonds is 5. The molecule has 5 nitrogen and oxygen atoms in total. The molecule has 0 spiro atoms. The normalized spacial score (nSPS) is 28.0. The third kappa shape index (κ3) is 2.72. The quantitative estimate of drug-likeness (QED) is 0.652. The monoisotopic (exact) mass is 227 g/mol. The van der Waals surface area contributed by atoms with Gasteiger partial charge in [-0.05, 0) is 19.3 Å². The minimum Gasteiger partial charge on any atom is -0.370 e. The van der Waals surface area contributed by atoms with E-state index in [1.165, 1.54) is 20.0 Å². The van der Waals surface area contributed by atoms with Crippen molar-refractivity contribution in [1.82, 2.24) is 10.2 Å². The van der Waals surface area contributed by atoms with Crippen LogP contribution in [-0.2, 0) is 9.53 Å². The summed E-state index contributed by atoms with van der Waals surface area (Å²) in [4.78, 5) is 14.2. The lowest BCUT2D eigenvalue weighted by molar-refractivity contribution is -0.131. The average Bonchev–Trinajstić information content (AvgIpc) is 3.02. The fourth-order valence-electron chi connectivity index (χ4n) is 2.28. The van der Waals surface area contributed by atoms with Crippen LogP contribution >= 0.6 is 0 Å². The second kappa shape index (κ2) is 5.12. The predicted octanol–water partition coefficient (Wildman–Crippen LogP) is -0.687. The smallest absolute Gasteiger partial charge is 0.250 e. The molecule has 1 saturated heterocycles. The molecule has 16 heavy (non-hydrogen) atoms. The van der Waals surface area contributed by atoms with Crippen LogP contribution in [0, 0.1) is 0 Å². The summed E-state index contributed by atoms with van der Waals surface area (Å²) < 4.78 is 5.01. The third-order valence-corrected chi connectivity index (χ3v) is 3.42. The largest absolute Gasteiger partial charge is 0.370 e. The van der Waals surface area contributed by atoms with E-state index in [1.807, 2.05) is 0 Å². The van der Waals surface area contributed by atoms with Crippen molar-refractivity contribution in [1.29, 1.82) is 0 Å². The van der Waals surface area contributed by atoms with Crippen molar-refractivity contribution in [3.8, 4) is 0 Å². The first kappa shape index (κ1) is 11.8. The SMILES string of the molecule is COC(CN)C(=O)NC1CCN(C2CC2)C1. The molecule has 0 radical (unpaired) electrons. The van der Waals surface area contributed by atoms with Gasteiger partial charge in [-0.15, -0.1) is 0 Å². The summed E-state index contributed by atoms with van der Waals surface area (Å²) in [6.45, 7) is 2.33. The van der Waals surface area contributed by atoms with Gasteiger partial charge < -0.3 is 15.8 Å². The highest BCUT2D eigenvalue weighted by atomic mass is 16.5. The highest BCUT2D eigenvalue weighted by molar-refractivity contribution is 5.81. The van der Waals surface area contributed by atoms with Crippen LogP contribution in [0.4, 0.5) is 0 Å². The molecule has 3 N–H and O–H groups in total. The van der Waals surface area contributed by atoms with Gasteiger partial charge in [-0.1, -0.05) is 0 Å². The summed E-state index contributed by atoms with van der Waals surface area (Å²) >= 11 is 0. The van der Waals surface area contributed by atoms with E-state index in [4.69, 9.17) is 10.5 Å². The number of hydrogen-bond donors (Lipinski definition) is 2. The van der Waals surface area contributed by atoms with E-state index in [2.05, 4.69) is 10.2 Å². The molecule has 0 bridgehead atoms. The lowest BCUT2D eigenvalue weighted by Gasteiger charge is -2.18. The van der Waals surface area contributed by atoms with E-state index in [-0.39, 0.29) is 18.5 Å². The number of ether oxygens (including phenoxy) is 1. The number of nitrogens with two attached hydrogens (primary N) is 1. The molecule has 0 aromatic heterocycles. The fraction of sp³-hybridized carbons (Fsp3) is 0.909. The summed E-state index contributed by atoms with van der Waals surface area (Å²) in [7, 11) is 1.52. The number of amides is 1. The molecule has 1 aliphatic carbocycles. The molecule has 2 rings (SSSR count). The van der Waals surface area contributed by atoms with E-state index >= 15 is 0 Å². The van der Waals surface area contributed by atoms with Crippen molar-refractivity contribution in [2.75, 3.05) is 26.7 Å². The van der Waals surface area contributed by atoms with Crippen molar-refractivity contribution in [3.63, 3.8) is 0 Å². The molecule has 2 unspecified atom stereocenters. The molecule has 92 valence electrons. The summed E-state index contributed by atoms with van der Waals surface area (Å²) in [5, 5.41) is 3.01. The van der Waals surface area contributed by atoms with Gasteiger partial charge in [0.25, 0.3) is 5.91 Å². The van der Waals surface area contributed by atoms with Crippen LogP contribution in [0.5, 0.6) is 0 Å². The molecule has 5 heteroatoms. The molecule has 1 saturated carbocycles. The molecule has 2 fully saturated rings. The Labute approximate surface area is 96.3 Å². The lowest BCUT2D eigenvalue weighted by Crippen LogP contribution is -2.46. The molecule has 1 aliphatic heterocycles. The maximum Gasteiger partial charge on any atom is 0.250 e. The number of likely N-dealkylation sites (tertiary alicyclic amines) is 1. The van der Waals surface area contributed by atoms with Gasteiger partial charge in [-0.3, -0.25) is 9.69 Å². The van der Waals surface area contributed by atoms with Gasteiger partial charge in [0.05, 0.1) is 0 Å². The summed E-state index contributed by atoms with van der Waals surface area (Å²) in [5.41, 5.74) is 5.45. The maximum atomic E-state index is 11.7. The molecule has 0 aromatic carbocycles. The first-order valence-corrected chi connectivity index (χ1v) is 6.02. The van der Waals surface area contributed by atoms with Crippen LogP contribution in [-0.4, -0.2) is 55.7 Å². The summed E-state index contributed by atoms with van der Waals surface area (Å²) in [6, 6.07) is 1.06. The van der Waals surface area contributed by atoms with Crippen molar-refractivity contribution in [2.24, 2.45) is 5.73 Å². The van der Waals surface area contributed by atoms with Crippen LogP contribution < -0.4 is 11.1 Å². The Morgan fingerprint density at radius 1 is 1.56 bits per heavy atom. The Balaban J connectivity index is 1.75. The van der Waals surface area contributed by atoms with Crippen LogP contribution in [0.1, 0.15) is 19.3 Å². The number of carbonyl (C=O) groups is 1. The summed E-state index contributed by atoms with van der Waals surface area (Å²) in [6.07, 6.45) is 3.19. The zero-order valence-corrected chi connectivity index (χ0v) is 9.82. The number of hydrogen-bond acceptors (Lipinski definition) is 4. The Bertz CT molecular complexity index is 252. The van der Waals surface area contributed by atoms with Crippen LogP contribution in [0.3, 0.4) is 0 Å². The second-order valence-electron chi connectivity index (χ2n) is 4.68. The van der Waals surface area contributed by atoms with Crippen molar-refractivity contribution in [3.05, 3.63) is 0 Å². The van der Waals surface area contributed by atoms with Gasteiger partial charge in [0, 0.05) is 38.8 Å². The maximum absolute atomic E-state index is 11.7. The predicted molar refractivity (Wildman–Crippen MR) is 61.0 cm³/mol. The molecule has 1 heterocycles. The molecule has 2 aliphatic rings. The van der Waals surface area contributed by atoms with Gasteiger partial charge in [-0.25, -0.2) is 0 Å². The molecule has 0 aromatic rings. The second-order valence-corrected chi connectivity index (χ2v) is 4.68. The van der Waals surface area contributed by atoms with Gasteiger partial charge in [0.1, 0.15) is 6.10 Å². The lowest BCUT2D eigenvalue weighted by atomic mass is 10.2. The van der Waals surface area contributed by atoms with Gasteiger partial charge in [0.2, 0.25) is 0 Å². The first-order valence-electron chi connectivity index (χ1n) is 6.02. The Morgan fingerprint density at radius 2 is 2.31 bits per heavy atom. The fourth-order valence-corrected chi connectivity index (χ4v) is 2.28. The van der Waals surface area contributed by atoms with Crippen LogP contribution in [0.2, 0.25) is 0 Å². The first-order chi connectivity index (χ1) is 7.74. The van der Waals surface area contributed by atoms with E-state index in [0.717, 1.165) is 25.6 Å².